The van der Waals surface area contributed by atoms with Gasteiger partial charge < -0.3 is 9.64 Å². The van der Waals surface area contributed by atoms with Crippen LogP contribution in [0.3, 0.4) is 0 Å². The number of benzene rings is 3. The van der Waals surface area contributed by atoms with Gasteiger partial charge in [0.15, 0.2) is 5.78 Å². The number of ketones is 1. The lowest BCUT2D eigenvalue weighted by molar-refractivity contribution is -0.384. The molecule has 2 amide bonds. The molecule has 0 bridgehead atoms. The van der Waals surface area contributed by atoms with E-state index in [0.717, 1.165) is 16.0 Å². The van der Waals surface area contributed by atoms with E-state index in [-0.39, 0.29) is 17.2 Å². The largest absolute Gasteiger partial charge is 0.497 e. The maximum atomic E-state index is 13.9. The predicted octanol–water partition coefficient (Wildman–Crippen LogP) is 4.00. The van der Waals surface area contributed by atoms with E-state index in [1.165, 1.54) is 31.4 Å². The highest BCUT2D eigenvalue weighted by Gasteiger charge is 2.64. The van der Waals surface area contributed by atoms with Gasteiger partial charge in [-0.15, -0.1) is 0 Å². The molecule has 2 fully saturated rings. The first kappa shape index (κ1) is 22.7. The molecule has 9 heteroatoms. The van der Waals surface area contributed by atoms with Crippen LogP contribution in [0.1, 0.15) is 27.5 Å². The van der Waals surface area contributed by atoms with E-state index in [4.69, 9.17) is 4.74 Å². The number of non-ortho nitro benzene ring substituents is 1. The van der Waals surface area contributed by atoms with E-state index in [1.54, 1.807) is 30.5 Å². The summed E-state index contributed by atoms with van der Waals surface area (Å²) < 4.78 is 5.20. The minimum atomic E-state index is -0.956. The average Bonchev–Trinajstić information content (AvgIpc) is 3.40. The number of fused-ring (bicyclic) bond motifs is 5. The van der Waals surface area contributed by atoms with Crippen LogP contribution in [0.25, 0.3) is 6.08 Å². The predicted molar refractivity (Wildman–Crippen MR) is 134 cm³/mol. The van der Waals surface area contributed by atoms with E-state index >= 15 is 0 Å². The number of nitro groups is 1. The molecular formula is C28H21N3O6. The summed E-state index contributed by atoms with van der Waals surface area (Å²) in [7, 11) is 1.53. The Morgan fingerprint density at radius 3 is 2.41 bits per heavy atom. The number of carbonyl (C=O) groups excluding carboxylic acids is 3. The number of carbonyl (C=O) groups is 3. The molecule has 4 atom stereocenters. The van der Waals surface area contributed by atoms with Crippen molar-refractivity contribution in [2.24, 2.45) is 11.8 Å². The minimum Gasteiger partial charge on any atom is -0.497 e. The van der Waals surface area contributed by atoms with Gasteiger partial charge in [-0.2, -0.15) is 0 Å². The van der Waals surface area contributed by atoms with Crippen LogP contribution in [0.5, 0.6) is 5.75 Å². The normalized spacial score (nSPS) is 23.5. The lowest BCUT2D eigenvalue weighted by atomic mass is 9.83. The van der Waals surface area contributed by atoms with Gasteiger partial charge in [0.2, 0.25) is 11.8 Å². The summed E-state index contributed by atoms with van der Waals surface area (Å²) in [6.07, 6.45) is 3.67. The van der Waals surface area contributed by atoms with Crippen molar-refractivity contribution in [3.63, 3.8) is 0 Å². The fourth-order valence-electron chi connectivity index (χ4n) is 5.78. The highest BCUT2D eigenvalue weighted by molar-refractivity contribution is 6.24. The second-order valence-electron chi connectivity index (χ2n) is 9.21. The van der Waals surface area contributed by atoms with Gasteiger partial charge in [-0.25, -0.2) is 4.90 Å². The van der Waals surface area contributed by atoms with Crippen molar-refractivity contribution >= 4 is 35.0 Å². The van der Waals surface area contributed by atoms with Gasteiger partial charge >= 0.3 is 0 Å². The summed E-state index contributed by atoms with van der Waals surface area (Å²) in [5.74, 6) is -2.49. The molecule has 0 unspecified atom stereocenters. The van der Waals surface area contributed by atoms with Crippen molar-refractivity contribution in [2.75, 3.05) is 12.0 Å². The summed E-state index contributed by atoms with van der Waals surface area (Å²) >= 11 is 0. The van der Waals surface area contributed by atoms with Crippen LogP contribution in [-0.2, 0) is 9.59 Å². The first-order valence-electron chi connectivity index (χ1n) is 11.8. The van der Waals surface area contributed by atoms with Gasteiger partial charge in [0.1, 0.15) is 11.8 Å². The van der Waals surface area contributed by atoms with Crippen LogP contribution in [0, 0.1) is 22.0 Å². The number of amides is 2. The first-order chi connectivity index (χ1) is 17.9. The third-order valence-electron chi connectivity index (χ3n) is 7.40. The number of hydrogen-bond acceptors (Lipinski definition) is 7. The van der Waals surface area contributed by atoms with Crippen LogP contribution >= 0.6 is 0 Å². The molecule has 6 rings (SSSR count). The smallest absolute Gasteiger partial charge is 0.271 e. The quantitative estimate of drug-likeness (QED) is 0.228. The van der Waals surface area contributed by atoms with Gasteiger partial charge in [0, 0.05) is 23.9 Å². The Labute approximate surface area is 211 Å². The molecule has 3 aliphatic rings. The Morgan fingerprint density at radius 1 is 0.946 bits per heavy atom. The van der Waals surface area contributed by atoms with E-state index in [0.29, 0.717) is 11.3 Å². The molecule has 3 aromatic rings. The lowest BCUT2D eigenvalue weighted by Crippen LogP contribution is -2.44. The summed E-state index contributed by atoms with van der Waals surface area (Å²) in [5.41, 5.74) is 2.06. The zero-order chi connectivity index (χ0) is 25.8. The minimum absolute atomic E-state index is 0.125. The molecule has 0 aromatic heterocycles. The van der Waals surface area contributed by atoms with Crippen LogP contribution in [0.2, 0.25) is 0 Å². The molecular weight excluding hydrogens is 474 g/mol. The zero-order valence-electron chi connectivity index (χ0n) is 19.7. The number of anilines is 1. The number of rotatable bonds is 5. The highest BCUT2D eigenvalue weighted by atomic mass is 16.6. The Bertz CT molecular complexity index is 1500. The Balaban J connectivity index is 1.47. The van der Waals surface area contributed by atoms with Crippen molar-refractivity contribution in [1.29, 1.82) is 0 Å². The molecule has 37 heavy (non-hydrogen) atoms. The summed E-state index contributed by atoms with van der Waals surface area (Å²) in [4.78, 5) is 55.3. The summed E-state index contributed by atoms with van der Waals surface area (Å²) in [6.45, 7) is 0. The molecule has 3 heterocycles. The third-order valence-corrected chi connectivity index (χ3v) is 7.40. The zero-order valence-corrected chi connectivity index (χ0v) is 19.7. The maximum Gasteiger partial charge on any atom is 0.271 e. The molecule has 0 aliphatic carbocycles. The van der Waals surface area contributed by atoms with Crippen LogP contribution < -0.4 is 9.64 Å². The van der Waals surface area contributed by atoms with Gasteiger partial charge in [-0.3, -0.25) is 24.5 Å². The molecule has 0 radical (unpaired) electrons. The maximum absolute atomic E-state index is 13.9. The number of imide groups is 1. The monoisotopic (exact) mass is 495 g/mol. The second kappa shape index (κ2) is 8.41. The Kier molecular flexibility index (Phi) is 5.15. The standard InChI is InChI=1S/C28H21N3O6/c1-37-20-11-9-17(10-12-20)26(32)25-23-22(24-21-8-3-2-5-16(21)13-14-29(24)25)27(33)30(28(23)34)18-6-4-7-19(15-18)31(35)36/h2-15,22-25H,1H3/t22-,23+,24+,25-/m0/s1. The number of ether oxygens (including phenoxy) is 1. The Hall–Kier alpha value is -4.79. The van der Waals surface area contributed by atoms with Gasteiger partial charge in [0.05, 0.1) is 35.6 Å². The van der Waals surface area contributed by atoms with E-state index in [9.17, 15) is 24.5 Å². The van der Waals surface area contributed by atoms with Gasteiger partial charge in [-0.05, 0) is 47.5 Å². The fourth-order valence-corrected chi connectivity index (χ4v) is 5.78. The van der Waals surface area contributed by atoms with Crippen molar-refractivity contribution in [1.82, 2.24) is 4.90 Å². The summed E-state index contributed by atoms with van der Waals surface area (Å²) in [5, 5.41) is 11.3. The lowest BCUT2D eigenvalue weighted by Gasteiger charge is -2.35. The van der Waals surface area contributed by atoms with Crippen molar-refractivity contribution in [2.45, 2.75) is 12.1 Å². The molecule has 0 spiro atoms. The fraction of sp³-hybridized carbons (Fsp3) is 0.179. The average molecular weight is 495 g/mol. The number of methoxy groups -OCH3 is 1. The van der Waals surface area contributed by atoms with Crippen LogP contribution in [-0.4, -0.2) is 40.6 Å². The van der Waals surface area contributed by atoms with Crippen molar-refractivity contribution in [3.8, 4) is 5.75 Å². The molecule has 0 N–H and O–H groups in total. The van der Waals surface area contributed by atoms with Crippen molar-refractivity contribution < 1.29 is 24.0 Å². The topological polar surface area (TPSA) is 110 Å². The summed E-state index contributed by atoms with van der Waals surface area (Å²) in [6, 6.07) is 18.2. The number of hydrogen-bond donors (Lipinski definition) is 0. The van der Waals surface area contributed by atoms with Gasteiger partial charge in [0.25, 0.3) is 5.69 Å². The third kappa shape index (κ3) is 3.35. The molecule has 9 nitrogen and oxygen atoms in total. The van der Waals surface area contributed by atoms with E-state index in [2.05, 4.69) is 0 Å². The molecule has 184 valence electrons. The number of nitrogens with zero attached hydrogens (tertiary/aromatic N) is 3. The second-order valence-corrected chi connectivity index (χ2v) is 9.21. The van der Waals surface area contributed by atoms with Crippen molar-refractivity contribution in [3.05, 3.63) is 106 Å². The molecule has 2 saturated heterocycles. The first-order valence-corrected chi connectivity index (χ1v) is 11.8. The number of Topliss-reactive ketones (excluding diaryl/α,β-unsaturated/α-hetero) is 1. The van der Waals surface area contributed by atoms with Crippen LogP contribution in [0.4, 0.5) is 11.4 Å². The van der Waals surface area contributed by atoms with E-state index < -0.39 is 40.7 Å². The Morgan fingerprint density at radius 2 is 1.68 bits per heavy atom. The highest BCUT2D eigenvalue weighted by Crippen LogP contribution is 2.53. The molecule has 3 aliphatic heterocycles. The van der Waals surface area contributed by atoms with Crippen LogP contribution in [0.15, 0.2) is 79.0 Å². The molecule has 0 saturated carbocycles. The van der Waals surface area contributed by atoms with E-state index in [1.807, 2.05) is 35.2 Å². The SMILES string of the molecule is COc1ccc(C(=O)[C@@H]2[C@@H]3C(=O)N(c4cccc([N+](=O)[O-])c4)C(=O)[C@@H]3[C@H]3c4ccccc4C=CN23)cc1. The molecule has 3 aromatic carbocycles. The van der Waals surface area contributed by atoms with Gasteiger partial charge in [-0.1, -0.05) is 30.3 Å². The number of nitro benzene ring substituents is 1.